The van der Waals surface area contributed by atoms with Gasteiger partial charge in [0, 0.05) is 0 Å². The van der Waals surface area contributed by atoms with E-state index in [1.807, 2.05) is 37.3 Å². The number of hydrogen-bond donors (Lipinski definition) is 2. The van der Waals surface area contributed by atoms with Gasteiger partial charge in [-0.05, 0) is 22.8 Å². The lowest BCUT2D eigenvalue weighted by atomic mass is 10.2. The predicted octanol–water partition coefficient (Wildman–Crippen LogP) is 1.14. The van der Waals surface area contributed by atoms with E-state index in [9.17, 15) is 0 Å². The molecule has 0 aliphatic heterocycles. The van der Waals surface area contributed by atoms with Gasteiger partial charge in [0.05, 0.1) is 13.2 Å². The van der Waals surface area contributed by atoms with E-state index in [1.165, 1.54) is 0 Å². The maximum atomic E-state index is 5.64. The van der Waals surface area contributed by atoms with Crippen LogP contribution < -0.4 is 11.2 Å². The zero-order valence-corrected chi connectivity index (χ0v) is 10.5. The van der Waals surface area contributed by atoms with Crippen molar-refractivity contribution in [3.63, 3.8) is 0 Å². The first-order valence-corrected chi connectivity index (χ1v) is 5.86. The Balaban J connectivity index is 2.16. The molecule has 0 atom stereocenters. The van der Waals surface area contributed by atoms with Gasteiger partial charge in [0.15, 0.2) is 17.3 Å². The largest absolute Gasteiger partial charge is 0.379 e. The number of nitrogen functional groups attached to an aromatic ring is 1. The van der Waals surface area contributed by atoms with Crippen LogP contribution in [-0.2, 0) is 11.4 Å². The number of nitrogens with one attached hydrogen (secondary N) is 1. The molecule has 0 bridgehead atoms. The highest BCUT2D eigenvalue weighted by Crippen LogP contribution is 2.07. The third-order valence-electron chi connectivity index (χ3n) is 2.31. The minimum Gasteiger partial charge on any atom is -0.379 e. The smallest absolute Gasteiger partial charge is 0.199 e. The Morgan fingerprint density at radius 3 is 2.79 bits per heavy atom. The second-order valence-corrected chi connectivity index (χ2v) is 3.68. The van der Waals surface area contributed by atoms with Crippen LogP contribution >= 0.6 is 0 Å². The monoisotopic (exact) mass is 261 g/mol. The summed E-state index contributed by atoms with van der Waals surface area (Å²) in [4.78, 5) is 9.49. The average Bonchev–Trinajstić information content (AvgIpc) is 2.86. The van der Waals surface area contributed by atoms with Crippen LogP contribution in [-0.4, -0.2) is 22.8 Å². The number of amidine groups is 1. The van der Waals surface area contributed by atoms with Crippen molar-refractivity contribution in [2.24, 2.45) is 4.99 Å². The number of hydroxylamine groups is 1. The summed E-state index contributed by atoms with van der Waals surface area (Å²) in [7, 11) is 0. The molecule has 1 aromatic carbocycles. The fraction of sp³-hybridized carbons (Fsp3) is 0.250. The summed E-state index contributed by atoms with van der Waals surface area (Å²) in [5.74, 6) is 0.559. The van der Waals surface area contributed by atoms with Crippen LogP contribution in [0.4, 0.5) is 5.82 Å². The van der Waals surface area contributed by atoms with E-state index in [-0.39, 0.29) is 5.82 Å². The van der Waals surface area contributed by atoms with Gasteiger partial charge in [-0.15, -0.1) is 0 Å². The quantitative estimate of drug-likeness (QED) is 0.475. The minimum atomic E-state index is 0.166. The van der Waals surface area contributed by atoms with E-state index < -0.39 is 0 Å². The number of nitrogens with zero attached hydrogens (tertiary/aromatic N) is 3. The first-order valence-electron chi connectivity index (χ1n) is 5.86. The molecule has 0 amide bonds. The van der Waals surface area contributed by atoms with Gasteiger partial charge in [-0.3, -0.25) is 9.83 Å². The molecule has 19 heavy (non-hydrogen) atoms. The van der Waals surface area contributed by atoms with Crippen LogP contribution in [0, 0.1) is 0 Å². The molecule has 0 aliphatic carbocycles. The van der Waals surface area contributed by atoms with Gasteiger partial charge in [-0.1, -0.05) is 30.3 Å². The summed E-state index contributed by atoms with van der Waals surface area (Å²) in [5, 5.41) is 7.21. The van der Waals surface area contributed by atoms with Gasteiger partial charge < -0.3 is 5.73 Å². The highest BCUT2D eigenvalue weighted by molar-refractivity contribution is 5.99. The highest BCUT2D eigenvalue weighted by Gasteiger charge is 2.13. The Bertz CT molecular complexity index is 538. The summed E-state index contributed by atoms with van der Waals surface area (Å²) < 4.78 is 4.56. The second-order valence-electron chi connectivity index (χ2n) is 3.68. The molecular formula is C12H15N5O2. The van der Waals surface area contributed by atoms with Crippen LogP contribution in [0.5, 0.6) is 0 Å². The van der Waals surface area contributed by atoms with Crippen LogP contribution in [0.15, 0.2) is 40.0 Å². The number of aromatic nitrogens is 2. The predicted molar refractivity (Wildman–Crippen MR) is 70.2 cm³/mol. The number of nitrogens with two attached hydrogens (primary N) is 1. The number of benzene rings is 1. The molecule has 0 saturated heterocycles. The number of rotatable bonds is 5. The molecule has 0 aliphatic rings. The van der Waals surface area contributed by atoms with Crippen molar-refractivity contribution in [3.05, 3.63) is 41.6 Å². The van der Waals surface area contributed by atoms with Gasteiger partial charge in [0.25, 0.3) is 0 Å². The molecule has 3 N–H and O–H groups in total. The highest BCUT2D eigenvalue weighted by atomic mass is 16.6. The van der Waals surface area contributed by atoms with E-state index in [1.54, 1.807) is 0 Å². The molecule has 0 fully saturated rings. The lowest BCUT2D eigenvalue weighted by molar-refractivity contribution is 0.0967. The molecule has 0 spiro atoms. The van der Waals surface area contributed by atoms with Crippen LogP contribution in [0.3, 0.4) is 0 Å². The molecular weight excluding hydrogens is 246 g/mol. The van der Waals surface area contributed by atoms with Crippen molar-refractivity contribution in [1.82, 2.24) is 15.8 Å². The normalized spacial score (nSPS) is 11.5. The Labute approximate surface area is 110 Å². The number of aliphatic imine (C=N–C) groups is 1. The molecule has 7 heteroatoms. The van der Waals surface area contributed by atoms with Crippen molar-refractivity contribution in [3.8, 4) is 0 Å². The lowest BCUT2D eigenvalue weighted by Crippen LogP contribution is -2.26. The SMILES string of the molecule is CCONC(=NCc1ccccc1)c1nonc1N. The Morgan fingerprint density at radius 2 is 2.16 bits per heavy atom. The number of anilines is 1. The van der Waals surface area contributed by atoms with Crippen LogP contribution in [0.1, 0.15) is 18.2 Å². The van der Waals surface area contributed by atoms with E-state index in [0.717, 1.165) is 5.56 Å². The molecule has 100 valence electrons. The Morgan fingerprint density at radius 1 is 1.37 bits per heavy atom. The minimum absolute atomic E-state index is 0.166. The standard InChI is InChI=1S/C12H15N5O2/c1-2-18-17-12(10-11(13)16-19-15-10)14-8-9-6-4-3-5-7-9/h3-7H,2,8H2,1H3,(H2,13,16)(H,14,17). The lowest BCUT2D eigenvalue weighted by Gasteiger charge is -2.06. The number of hydrogen-bond acceptors (Lipinski definition) is 6. The third kappa shape index (κ3) is 3.52. The fourth-order valence-electron chi connectivity index (χ4n) is 1.41. The summed E-state index contributed by atoms with van der Waals surface area (Å²) >= 11 is 0. The van der Waals surface area contributed by atoms with Crippen LogP contribution in [0.25, 0.3) is 0 Å². The molecule has 0 radical (unpaired) electrons. The van der Waals surface area contributed by atoms with Crippen molar-refractivity contribution in [2.75, 3.05) is 12.3 Å². The van der Waals surface area contributed by atoms with E-state index >= 15 is 0 Å². The zero-order valence-electron chi connectivity index (χ0n) is 10.5. The maximum absolute atomic E-state index is 5.64. The van der Waals surface area contributed by atoms with Gasteiger partial charge in [0.1, 0.15) is 0 Å². The molecule has 1 aromatic heterocycles. The molecule has 0 saturated carbocycles. The first-order chi connectivity index (χ1) is 9.31. The summed E-state index contributed by atoms with van der Waals surface area (Å²) in [5.41, 5.74) is 9.73. The van der Waals surface area contributed by atoms with Crippen molar-refractivity contribution < 1.29 is 9.47 Å². The van der Waals surface area contributed by atoms with Gasteiger partial charge >= 0.3 is 0 Å². The van der Waals surface area contributed by atoms with Crippen molar-refractivity contribution in [1.29, 1.82) is 0 Å². The van der Waals surface area contributed by atoms with E-state index in [2.05, 4.69) is 25.4 Å². The Kier molecular flexibility index (Phi) is 4.46. The van der Waals surface area contributed by atoms with Crippen molar-refractivity contribution >= 4 is 11.7 Å². The zero-order chi connectivity index (χ0) is 13.5. The summed E-state index contributed by atoms with van der Waals surface area (Å²) in [6.45, 7) is 2.81. The van der Waals surface area contributed by atoms with Crippen molar-refractivity contribution in [2.45, 2.75) is 13.5 Å². The van der Waals surface area contributed by atoms with E-state index in [0.29, 0.717) is 24.7 Å². The summed E-state index contributed by atoms with van der Waals surface area (Å²) in [6.07, 6.45) is 0. The maximum Gasteiger partial charge on any atom is 0.199 e. The average molecular weight is 261 g/mol. The molecule has 2 rings (SSSR count). The van der Waals surface area contributed by atoms with Gasteiger partial charge in [-0.2, -0.15) is 0 Å². The third-order valence-corrected chi connectivity index (χ3v) is 2.31. The summed E-state index contributed by atoms with van der Waals surface area (Å²) in [6, 6.07) is 9.81. The molecule has 7 nitrogen and oxygen atoms in total. The van der Waals surface area contributed by atoms with Crippen LogP contribution in [0.2, 0.25) is 0 Å². The molecule has 1 heterocycles. The second kappa shape index (κ2) is 6.50. The Hall–Kier alpha value is -2.41. The van der Waals surface area contributed by atoms with Gasteiger partial charge in [-0.25, -0.2) is 10.1 Å². The molecule has 0 unspecified atom stereocenters. The topological polar surface area (TPSA) is 98.6 Å². The fourth-order valence-corrected chi connectivity index (χ4v) is 1.41. The first kappa shape index (κ1) is 13.0. The van der Waals surface area contributed by atoms with E-state index in [4.69, 9.17) is 10.6 Å². The van der Waals surface area contributed by atoms with Gasteiger partial charge in [0.2, 0.25) is 0 Å². The molecule has 2 aromatic rings.